The Kier molecular flexibility index (Phi) is 5.63. The summed E-state index contributed by atoms with van der Waals surface area (Å²) in [6, 6.07) is 17.0. The van der Waals surface area contributed by atoms with Crippen molar-refractivity contribution in [2.45, 2.75) is 20.4 Å². The fourth-order valence-corrected chi connectivity index (χ4v) is 4.25. The average molecular weight is 420 g/mol. The molecule has 0 aliphatic rings. The van der Waals surface area contributed by atoms with Gasteiger partial charge in [-0.15, -0.1) is 11.3 Å². The third kappa shape index (κ3) is 4.11. The molecule has 4 aromatic rings. The highest BCUT2D eigenvalue weighted by molar-refractivity contribution is 7.20. The van der Waals surface area contributed by atoms with E-state index in [1.54, 1.807) is 6.92 Å². The van der Waals surface area contributed by atoms with Crippen molar-refractivity contribution in [1.29, 1.82) is 0 Å². The number of carbonyl (C=O) groups excluding carboxylic acids is 1. The molecule has 152 valence electrons. The first-order chi connectivity index (χ1) is 14.5. The first kappa shape index (κ1) is 19.8. The predicted molar refractivity (Wildman–Crippen MR) is 120 cm³/mol. The molecule has 0 saturated heterocycles. The molecule has 4 rings (SSSR count). The maximum absolute atomic E-state index is 13.0. The Morgan fingerprint density at radius 1 is 1.13 bits per heavy atom. The van der Waals surface area contributed by atoms with E-state index in [9.17, 15) is 9.59 Å². The number of rotatable bonds is 6. The highest BCUT2D eigenvalue weighted by Crippen LogP contribution is 2.27. The minimum Gasteiger partial charge on any atom is -0.492 e. The van der Waals surface area contributed by atoms with Gasteiger partial charge in [-0.25, -0.2) is 4.98 Å². The van der Waals surface area contributed by atoms with E-state index in [0.29, 0.717) is 39.5 Å². The van der Waals surface area contributed by atoms with E-state index in [2.05, 4.69) is 10.3 Å². The molecule has 0 bridgehead atoms. The maximum atomic E-state index is 13.0. The Balaban J connectivity index is 1.54. The number of aromatic nitrogens is 2. The van der Waals surface area contributed by atoms with Gasteiger partial charge in [0.25, 0.3) is 11.5 Å². The zero-order chi connectivity index (χ0) is 21.1. The van der Waals surface area contributed by atoms with Gasteiger partial charge in [0.2, 0.25) is 0 Å². The van der Waals surface area contributed by atoms with Gasteiger partial charge in [-0.05, 0) is 49.2 Å². The molecule has 7 heteroatoms. The molecule has 0 spiro atoms. The molecule has 1 amide bonds. The largest absolute Gasteiger partial charge is 0.492 e. The molecular weight excluding hydrogens is 398 g/mol. The Morgan fingerprint density at radius 3 is 2.70 bits per heavy atom. The van der Waals surface area contributed by atoms with Gasteiger partial charge >= 0.3 is 0 Å². The molecule has 0 unspecified atom stereocenters. The normalized spacial score (nSPS) is 10.9. The quantitative estimate of drug-likeness (QED) is 0.503. The second-order valence-corrected chi connectivity index (χ2v) is 7.96. The molecule has 0 aliphatic heterocycles. The Morgan fingerprint density at radius 2 is 1.93 bits per heavy atom. The van der Waals surface area contributed by atoms with Crippen molar-refractivity contribution < 1.29 is 9.53 Å². The van der Waals surface area contributed by atoms with Crippen molar-refractivity contribution in [3.8, 4) is 5.75 Å². The number of nitrogens with zero attached hydrogens (tertiary/aromatic N) is 2. The SMILES string of the molecule is Cc1cccc(OCCn2cnc3sc(C(=O)Nc4ccccc4)c(C)c3c2=O)c1. The van der Waals surface area contributed by atoms with Gasteiger partial charge in [0, 0.05) is 5.69 Å². The fourth-order valence-electron chi connectivity index (χ4n) is 3.21. The van der Waals surface area contributed by atoms with Crippen LogP contribution in [-0.2, 0) is 6.54 Å². The topological polar surface area (TPSA) is 73.2 Å². The van der Waals surface area contributed by atoms with Gasteiger partial charge in [0.1, 0.15) is 17.2 Å². The molecule has 30 heavy (non-hydrogen) atoms. The molecule has 0 saturated carbocycles. The first-order valence-electron chi connectivity index (χ1n) is 9.57. The minimum absolute atomic E-state index is 0.166. The van der Waals surface area contributed by atoms with E-state index in [0.717, 1.165) is 11.3 Å². The lowest BCUT2D eigenvalue weighted by Crippen LogP contribution is -2.23. The number of hydrogen-bond acceptors (Lipinski definition) is 5. The molecule has 2 heterocycles. The average Bonchev–Trinajstić information content (AvgIpc) is 3.08. The van der Waals surface area contributed by atoms with E-state index >= 15 is 0 Å². The summed E-state index contributed by atoms with van der Waals surface area (Å²) in [6.45, 7) is 4.51. The van der Waals surface area contributed by atoms with Crippen LogP contribution >= 0.6 is 11.3 Å². The zero-order valence-corrected chi connectivity index (χ0v) is 17.5. The molecule has 0 aliphatic carbocycles. The van der Waals surface area contributed by atoms with Crippen LogP contribution in [0.15, 0.2) is 65.7 Å². The van der Waals surface area contributed by atoms with Crippen LogP contribution in [0.25, 0.3) is 10.2 Å². The number of hydrogen-bond donors (Lipinski definition) is 1. The number of anilines is 1. The van der Waals surface area contributed by atoms with Gasteiger partial charge in [-0.1, -0.05) is 30.3 Å². The Hall–Kier alpha value is -3.45. The van der Waals surface area contributed by atoms with Crippen molar-refractivity contribution in [1.82, 2.24) is 9.55 Å². The number of para-hydroxylation sites is 1. The van der Waals surface area contributed by atoms with Gasteiger partial charge in [0.15, 0.2) is 0 Å². The molecule has 0 radical (unpaired) electrons. The van der Waals surface area contributed by atoms with Crippen LogP contribution in [0.1, 0.15) is 20.8 Å². The van der Waals surface area contributed by atoms with E-state index in [1.165, 1.54) is 22.2 Å². The van der Waals surface area contributed by atoms with Crippen LogP contribution in [0.3, 0.4) is 0 Å². The fraction of sp³-hybridized carbons (Fsp3) is 0.174. The van der Waals surface area contributed by atoms with Crippen molar-refractivity contribution >= 4 is 33.1 Å². The summed E-state index contributed by atoms with van der Waals surface area (Å²) in [5.74, 6) is 0.527. The highest BCUT2D eigenvalue weighted by Gasteiger charge is 2.19. The molecule has 0 fully saturated rings. The van der Waals surface area contributed by atoms with Gasteiger partial charge in [-0.2, -0.15) is 0 Å². The number of amides is 1. The molecule has 6 nitrogen and oxygen atoms in total. The first-order valence-corrected chi connectivity index (χ1v) is 10.4. The number of carbonyl (C=O) groups is 1. The van der Waals surface area contributed by atoms with Crippen LogP contribution in [0, 0.1) is 13.8 Å². The van der Waals surface area contributed by atoms with Gasteiger partial charge in [0.05, 0.1) is 23.1 Å². The lowest BCUT2D eigenvalue weighted by atomic mass is 10.2. The van der Waals surface area contributed by atoms with E-state index in [-0.39, 0.29) is 11.5 Å². The van der Waals surface area contributed by atoms with Gasteiger partial charge < -0.3 is 10.1 Å². The number of fused-ring (bicyclic) bond motifs is 1. The van der Waals surface area contributed by atoms with Crippen molar-refractivity contribution in [2.24, 2.45) is 0 Å². The standard InChI is InChI=1S/C23H21N3O3S/c1-15-7-6-10-18(13-15)29-12-11-26-14-24-22-19(23(26)28)16(2)20(30-22)21(27)25-17-8-4-3-5-9-17/h3-10,13-14H,11-12H2,1-2H3,(H,25,27). The van der Waals surface area contributed by atoms with Crippen LogP contribution < -0.4 is 15.6 Å². The summed E-state index contributed by atoms with van der Waals surface area (Å²) in [6.07, 6.45) is 1.51. The van der Waals surface area contributed by atoms with Crippen molar-refractivity contribution in [2.75, 3.05) is 11.9 Å². The lowest BCUT2D eigenvalue weighted by molar-refractivity contribution is 0.103. The van der Waals surface area contributed by atoms with E-state index in [1.807, 2.05) is 61.5 Å². The number of benzene rings is 2. The third-order valence-electron chi connectivity index (χ3n) is 4.75. The summed E-state index contributed by atoms with van der Waals surface area (Å²) in [5.41, 5.74) is 2.30. The second kappa shape index (κ2) is 8.51. The number of nitrogens with one attached hydrogen (secondary N) is 1. The lowest BCUT2D eigenvalue weighted by Gasteiger charge is -2.08. The zero-order valence-electron chi connectivity index (χ0n) is 16.7. The summed E-state index contributed by atoms with van der Waals surface area (Å²) in [5, 5.41) is 3.35. The van der Waals surface area contributed by atoms with Crippen LogP contribution in [0.2, 0.25) is 0 Å². The summed E-state index contributed by atoms with van der Waals surface area (Å²) in [7, 11) is 0. The predicted octanol–water partition coefficient (Wildman–Crippen LogP) is 4.41. The number of ether oxygens (including phenoxy) is 1. The summed E-state index contributed by atoms with van der Waals surface area (Å²) < 4.78 is 7.27. The van der Waals surface area contributed by atoms with E-state index < -0.39 is 0 Å². The van der Waals surface area contributed by atoms with Crippen LogP contribution in [0.5, 0.6) is 5.75 Å². The van der Waals surface area contributed by atoms with Crippen molar-refractivity contribution in [3.63, 3.8) is 0 Å². The van der Waals surface area contributed by atoms with E-state index in [4.69, 9.17) is 4.74 Å². The molecule has 2 aromatic carbocycles. The van der Waals surface area contributed by atoms with Crippen LogP contribution in [0.4, 0.5) is 5.69 Å². The molecule has 1 N–H and O–H groups in total. The molecular formula is C23H21N3O3S. The summed E-state index contributed by atoms with van der Waals surface area (Å²) in [4.78, 5) is 31.1. The van der Waals surface area contributed by atoms with Crippen LogP contribution in [-0.4, -0.2) is 22.1 Å². The smallest absolute Gasteiger partial charge is 0.266 e. The number of aryl methyl sites for hydroxylation is 2. The van der Waals surface area contributed by atoms with Crippen molar-refractivity contribution in [3.05, 3.63) is 87.3 Å². The molecule has 0 atom stereocenters. The maximum Gasteiger partial charge on any atom is 0.266 e. The van der Waals surface area contributed by atoms with Gasteiger partial charge in [-0.3, -0.25) is 14.2 Å². The highest BCUT2D eigenvalue weighted by atomic mass is 32.1. The molecule has 2 aromatic heterocycles. The minimum atomic E-state index is -0.240. The monoisotopic (exact) mass is 419 g/mol. The number of thiophene rings is 1. The second-order valence-electron chi connectivity index (χ2n) is 6.96. The Bertz CT molecular complexity index is 1260. The summed E-state index contributed by atoms with van der Waals surface area (Å²) >= 11 is 1.23. The Labute approximate surface area is 177 Å². The third-order valence-corrected chi connectivity index (χ3v) is 5.94.